The molecule has 4 unspecified atom stereocenters. The fourth-order valence-corrected chi connectivity index (χ4v) is 9.45. The Bertz CT molecular complexity index is 2470. The predicted octanol–water partition coefficient (Wildman–Crippen LogP) is 10.7. The first-order chi connectivity index (χ1) is 24.1. The Hall–Kier alpha value is -5.42. The van der Waals surface area contributed by atoms with Crippen LogP contribution in [0, 0.1) is 11.8 Å². The van der Waals surface area contributed by atoms with Crippen molar-refractivity contribution in [1.29, 1.82) is 0 Å². The Morgan fingerprint density at radius 2 is 1.06 bits per heavy atom. The summed E-state index contributed by atoms with van der Waals surface area (Å²) in [6.07, 6.45) is 5.29. The summed E-state index contributed by atoms with van der Waals surface area (Å²) in [5.41, 5.74) is 6.92. The van der Waals surface area contributed by atoms with E-state index < -0.39 is 0 Å². The average Bonchev–Trinajstić information content (AvgIpc) is 3.64. The lowest BCUT2D eigenvalue weighted by Gasteiger charge is -2.50. The molecule has 1 aliphatic heterocycles. The summed E-state index contributed by atoms with van der Waals surface area (Å²) in [6.45, 7) is 4.88. The van der Waals surface area contributed by atoms with Gasteiger partial charge in [-0.15, -0.1) is 0 Å². The highest BCUT2D eigenvalue weighted by Gasteiger charge is 2.38. The maximum absolute atomic E-state index is 5.32. The largest absolute Gasteiger partial charge is 0.366 e. The number of fused-ring (bicyclic) bond motifs is 8. The molecule has 5 nitrogen and oxygen atoms in total. The number of hydrogen-bond acceptors (Lipinski definition) is 3. The zero-order valence-corrected chi connectivity index (χ0v) is 28.0. The number of aromatic nitrogens is 4. The topological polar surface area (TPSA) is 38.9 Å². The molecular formula is C44H39N5. The molecule has 0 spiro atoms. The van der Waals surface area contributed by atoms with E-state index >= 15 is 0 Å². The van der Waals surface area contributed by atoms with Crippen molar-refractivity contribution >= 4 is 49.3 Å². The van der Waals surface area contributed by atoms with Crippen LogP contribution in [-0.2, 0) is 0 Å². The van der Waals surface area contributed by atoms with Gasteiger partial charge in [-0.2, -0.15) is 0 Å². The molecular weight excluding hydrogens is 599 g/mol. The number of piperidine rings is 1. The second-order valence-corrected chi connectivity index (χ2v) is 14.5. The fraction of sp³-hybridized carbons (Fsp3) is 0.227. The van der Waals surface area contributed by atoms with Crippen LogP contribution < -0.4 is 4.90 Å². The first-order valence-electron chi connectivity index (χ1n) is 17.9. The van der Waals surface area contributed by atoms with Crippen LogP contribution in [0.5, 0.6) is 0 Å². The molecule has 2 aliphatic rings. The van der Waals surface area contributed by atoms with Gasteiger partial charge in [-0.1, -0.05) is 91.9 Å². The Labute approximate surface area is 286 Å². The maximum atomic E-state index is 5.32. The second kappa shape index (κ2) is 11.1. The van der Waals surface area contributed by atoms with Crippen LogP contribution in [0.25, 0.3) is 66.6 Å². The molecule has 4 heterocycles. The second-order valence-electron chi connectivity index (χ2n) is 14.5. The van der Waals surface area contributed by atoms with Crippen molar-refractivity contribution in [2.24, 2.45) is 11.8 Å². The van der Waals surface area contributed by atoms with Crippen molar-refractivity contribution in [2.75, 3.05) is 4.90 Å². The first-order valence-corrected chi connectivity index (χ1v) is 17.9. The van der Waals surface area contributed by atoms with Crippen molar-refractivity contribution in [2.45, 2.75) is 51.6 Å². The molecule has 5 heteroatoms. The highest BCUT2D eigenvalue weighted by molar-refractivity contribution is 6.11. The third kappa shape index (κ3) is 4.52. The monoisotopic (exact) mass is 637 g/mol. The van der Waals surface area contributed by atoms with Crippen molar-refractivity contribution in [3.05, 3.63) is 127 Å². The third-order valence-corrected chi connectivity index (χ3v) is 11.3. The van der Waals surface area contributed by atoms with Crippen LogP contribution >= 0.6 is 0 Å². The molecule has 0 radical (unpaired) electrons. The van der Waals surface area contributed by atoms with E-state index in [2.05, 4.69) is 149 Å². The van der Waals surface area contributed by atoms with Crippen LogP contribution in [0.3, 0.4) is 0 Å². The van der Waals surface area contributed by atoms with Crippen LogP contribution in [0.1, 0.15) is 39.5 Å². The van der Waals surface area contributed by atoms with E-state index in [9.17, 15) is 0 Å². The summed E-state index contributed by atoms with van der Waals surface area (Å²) in [4.78, 5) is 13.3. The van der Waals surface area contributed by atoms with Gasteiger partial charge >= 0.3 is 0 Å². The lowest BCUT2D eigenvalue weighted by Crippen LogP contribution is -2.51. The smallest absolute Gasteiger partial charge is 0.163 e. The van der Waals surface area contributed by atoms with Crippen molar-refractivity contribution in [3.63, 3.8) is 0 Å². The highest BCUT2D eigenvalue weighted by Crippen LogP contribution is 2.44. The molecule has 2 fully saturated rings. The minimum Gasteiger partial charge on any atom is -0.366 e. The number of rotatable bonds is 4. The van der Waals surface area contributed by atoms with Gasteiger partial charge in [0.2, 0.25) is 0 Å². The Morgan fingerprint density at radius 1 is 0.510 bits per heavy atom. The van der Waals surface area contributed by atoms with Gasteiger partial charge < -0.3 is 4.90 Å². The molecule has 1 aliphatic carbocycles. The molecule has 2 bridgehead atoms. The number of hydrogen-bond donors (Lipinski definition) is 0. The van der Waals surface area contributed by atoms with Gasteiger partial charge in [-0.05, 0) is 80.8 Å². The normalized spacial score (nSPS) is 20.9. The predicted molar refractivity (Wildman–Crippen MR) is 203 cm³/mol. The summed E-state index contributed by atoms with van der Waals surface area (Å²) >= 11 is 0. The molecule has 8 aromatic rings. The minimum absolute atomic E-state index is 0.547. The molecule has 240 valence electrons. The van der Waals surface area contributed by atoms with Crippen molar-refractivity contribution in [3.8, 4) is 23.0 Å². The lowest BCUT2D eigenvalue weighted by atomic mass is 9.72. The molecule has 5 aromatic carbocycles. The standard InChI is InChI=1S/C44H39N5/c1-28-22-30-24-29(2)47(33(23-28)25-30)32-20-21-41-37(26-32)36-16-8-11-19-40(36)49(41)43-27-42(45-44(46-43)31-12-4-3-5-13-31)48-38-17-9-6-14-34(38)35-15-7-10-18-39(35)48/h3-21,26-30,33H,22-25H2,1-2H3. The van der Waals surface area contributed by atoms with Crippen LogP contribution in [0.4, 0.5) is 5.69 Å². The molecule has 3 aromatic heterocycles. The molecule has 49 heavy (non-hydrogen) atoms. The summed E-state index contributed by atoms with van der Waals surface area (Å²) in [5.74, 6) is 4.09. The van der Waals surface area contributed by atoms with E-state index in [1.807, 2.05) is 6.07 Å². The van der Waals surface area contributed by atoms with Gasteiger partial charge in [0, 0.05) is 50.9 Å². The molecule has 0 amide bonds. The molecule has 1 saturated carbocycles. The van der Waals surface area contributed by atoms with E-state index in [4.69, 9.17) is 9.97 Å². The van der Waals surface area contributed by atoms with Gasteiger partial charge in [0.15, 0.2) is 5.82 Å². The van der Waals surface area contributed by atoms with E-state index in [0.717, 1.165) is 51.1 Å². The minimum atomic E-state index is 0.547. The number of anilines is 1. The van der Waals surface area contributed by atoms with Crippen LogP contribution in [-0.4, -0.2) is 31.2 Å². The van der Waals surface area contributed by atoms with E-state index in [0.29, 0.717) is 17.9 Å². The lowest BCUT2D eigenvalue weighted by molar-refractivity contribution is 0.179. The molecule has 0 N–H and O–H groups in total. The number of nitrogens with zero attached hydrogens (tertiary/aromatic N) is 5. The molecule has 10 rings (SSSR count). The Morgan fingerprint density at radius 3 is 1.69 bits per heavy atom. The van der Waals surface area contributed by atoms with Gasteiger partial charge in [-0.25, -0.2) is 9.97 Å². The summed E-state index contributed by atoms with van der Waals surface area (Å²) in [6, 6.07) is 46.9. The fourth-order valence-electron chi connectivity index (χ4n) is 9.45. The van der Waals surface area contributed by atoms with Gasteiger partial charge in [-0.3, -0.25) is 9.13 Å². The Balaban J connectivity index is 1.21. The van der Waals surface area contributed by atoms with E-state index in [1.54, 1.807) is 0 Å². The Kier molecular flexibility index (Phi) is 6.45. The third-order valence-electron chi connectivity index (χ3n) is 11.3. The van der Waals surface area contributed by atoms with E-state index in [1.165, 1.54) is 52.9 Å². The first kappa shape index (κ1) is 28.6. The SMILES string of the molecule is CC1CC2CC(C)N(c3ccc4c(c3)c3ccccc3n4-c3cc(-n4c5ccccc5c5ccccc54)nc(-c4ccccc4)n3)C(C1)C2. The maximum Gasteiger partial charge on any atom is 0.163 e. The van der Waals surface area contributed by atoms with Crippen molar-refractivity contribution in [1.82, 2.24) is 19.1 Å². The zero-order valence-electron chi connectivity index (χ0n) is 28.0. The zero-order chi connectivity index (χ0) is 32.6. The molecule has 4 atom stereocenters. The number of benzene rings is 5. The van der Waals surface area contributed by atoms with Crippen molar-refractivity contribution < 1.29 is 0 Å². The summed E-state index contributed by atoms with van der Waals surface area (Å²) < 4.78 is 4.64. The van der Waals surface area contributed by atoms with Gasteiger partial charge in [0.25, 0.3) is 0 Å². The average molecular weight is 638 g/mol. The summed E-state index contributed by atoms with van der Waals surface area (Å²) in [7, 11) is 0. The van der Waals surface area contributed by atoms with Gasteiger partial charge in [0.05, 0.1) is 22.1 Å². The quantitative estimate of drug-likeness (QED) is 0.193. The van der Waals surface area contributed by atoms with E-state index in [-0.39, 0.29) is 0 Å². The molecule has 1 saturated heterocycles. The summed E-state index contributed by atoms with van der Waals surface area (Å²) in [5, 5.41) is 4.95. The van der Waals surface area contributed by atoms with Crippen LogP contribution in [0.15, 0.2) is 127 Å². The number of para-hydroxylation sites is 3. The van der Waals surface area contributed by atoms with Gasteiger partial charge in [0.1, 0.15) is 11.6 Å². The highest BCUT2D eigenvalue weighted by atomic mass is 15.2. The van der Waals surface area contributed by atoms with Crippen LogP contribution in [0.2, 0.25) is 0 Å².